The Bertz CT molecular complexity index is 660. The summed E-state index contributed by atoms with van der Waals surface area (Å²) in [6.45, 7) is 0.695. The Balaban J connectivity index is 1.78. The first kappa shape index (κ1) is 13.5. The lowest BCUT2D eigenvalue weighted by Gasteiger charge is -2.17. The summed E-state index contributed by atoms with van der Waals surface area (Å²) in [4.78, 5) is 0. The summed E-state index contributed by atoms with van der Waals surface area (Å²) >= 11 is 0. The molecular weight excluding hydrogens is 262 g/mol. The van der Waals surface area contributed by atoms with Crippen LogP contribution in [0.4, 0.5) is 0 Å². The highest BCUT2D eigenvalue weighted by molar-refractivity contribution is 5.28. The van der Waals surface area contributed by atoms with Crippen molar-refractivity contribution in [3.63, 3.8) is 0 Å². The van der Waals surface area contributed by atoms with Crippen LogP contribution in [-0.4, -0.2) is 5.11 Å². The summed E-state index contributed by atoms with van der Waals surface area (Å²) in [5.74, 6) is 1.17. The summed E-state index contributed by atoms with van der Waals surface area (Å²) in [5, 5.41) is 12.8. The van der Waals surface area contributed by atoms with E-state index in [1.165, 1.54) is 0 Å². The van der Waals surface area contributed by atoms with E-state index in [2.05, 4.69) is 17.4 Å². The van der Waals surface area contributed by atoms with E-state index in [0.717, 1.165) is 16.9 Å². The van der Waals surface area contributed by atoms with Gasteiger partial charge in [0.25, 0.3) is 0 Å². The molecule has 0 fully saturated rings. The fraction of sp³-hybridized carbons (Fsp3) is 0.111. The number of nitrogens with one attached hydrogen (secondary N) is 1. The average molecular weight is 279 g/mol. The van der Waals surface area contributed by atoms with Gasteiger partial charge in [-0.3, -0.25) is 5.32 Å². The van der Waals surface area contributed by atoms with Gasteiger partial charge in [0.2, 0.25) is 0 Å². The predicted octanol–water partition coefficient (Wildman–Crippen LogP) is 3.86. The molecule has 21 heavy (non-hydrogen) atoms. The van der Waals surface area contributed by atoms with Crippen LogP contribution in [0.2, 0.25) is 0 Å². The minimum atomic E-state index is 0.00926. The molecular formula is C18H17NO2. The fourth-order valence-corrected chi connectivity index (χ4v) is 2.32. The molecule has 106 valence electrons. The zero-order valence-corrected chi connectivity index (χ0v) is 11.6. The van der Waals surface area contributed by atoms with Gasteiger partial charge < -0.3 is 9.52 Å². The molecule has 2 N–H and O–H groups in total. The van der Waals surface area contributed by atoms with E-state index in [1.54, 1.807) is 18.4 Å². The standard InChI is InChI=1S/C18H17NO2/c20-16-10-8-14(9-11-16)13-19-18(17-7-4-12-21-17)15-5-2-1-3-6-15/h1-12,18-20H,13H2. The lowest BCUT2D eigenvalue weighted by Crippen LogP contribution is -2.21. The van der Waals surface area contributed by atoms with E-state index < -0.39 is 0 Å². The highest BCUT2D eigenvalue weighted by Crippen LogP contribution is 2.23. The third-order valence-corrected chi connectivity index (χ3v) is 3.41. The zero-order chi connectivity index (χ0) is 14.5. The Labute approximate surface area is 123 Å². The number of phenols is 1. The number of aromatic hydroxyl groups is 1. The van der Waals surface area contributed by atoms with E-state index in [9.17, 15) is 5.11 Å². The highest BCUT2D eigenvalue weighted by Gasteiger charge is 2.15. The van der Waals surface area contributed by atoms with E-state index in [1.807, 2.05) is 42.5 Å². The smallest absolute Gasteiger partial charge is 0.125 e. The normalized spacial score (nSPS) is 12.2. The summed E-state index contributed by atoms with van der Waals surface area (Å²) < 4.78 is 5.56. The number of hydrogen-bond acceptors (Lipinski definition) is 3. The first-order valence-electron chi connectivity index (χ1n) is 6.92. The van der Waals surface area contributed by atoms with Gasteiger partial charge in [0.05, 0.1) is 12.3 Å². The van der Waals surface area contributed by atoms with Crippen molar-refractivity contribution < 1.29 is 9.52 Å². The van der Waals surface area contributed by atoms with Gasteiger partial charge in [0, 0.05) is 6.54 Å². The van der Waals surface area contributed by atoms with Gasteiger partial charge >= 0.3 is 0 Å². The number of hydrogen-bond donors (Lipinski definition) is 2. The maximum Gasteiger partial charge on any atom is 0.125 e. The molecule has 0 aliphatic rings. The van der Waals surface area contributed by atoms with Crippen LogP contribution in [0.5, 0.6) is 5.75 Å². The molecule has 0 amide bonds. The molecule has 1 atom stereocenters. The Kier molecular flexibility index (Phi) is 4.03. The van der Waals surface area contributed by atoms with Crippen molar-refractivity contribution in [1.29, 1.82) is 0 Å². The SMILES string of the molecule is Oc1ccc(CNC(c2ccccc2)c2ccco2)cc1. The van der Waals surface area contributed by atoms with Crippen LogP contribution in [0.25, 0.3) is 0 Å². The maximum absolute atomic E-state index is 9.33. The van der Waals surface area contributed by atoms with Gasteiger partial charge in [-0.2, -0.15) is 0 Å². The molecule has 3 aromatic rings. The van der Waals surface area contributed by atoms with Crippen molar-refractivity contribution in [3.05, 3.63) is 89.9 Å². The monoisotopic (exact) mass is 279 g/mol. The second kappa shape index (κ2) is 6.29. The van der Waals surface area contributed by atoms with Crippen molar-refractivity contribution in [2.24, 2.45) is 0 Å². The van der Waals surface area contributed by atoms with Crippen LogP contribution in [0.15, 0.2) is 77.4 Å². The molecule has 0 aliphatic heterocycles. The van der Waals surface area contributed by atoms with Crippen molar-refractivity contribution in [2.75, 3.05) is 0 Å². The predicted molar refractivity (Wildman–Crippen MR) is 81.9 cm³/mol. The van der Waals surface area contributed by atoms with Gasteiger partial charge in [0.1, 0.15) is 11.5 Å². The Morgan fingerprint density at radius 2 is 1.67 bits per heavy atom. The molecule has 0 bridgehead atoms. The third kappa shape index (κ3) is 3.33. The molecule has 0 saturated carbocycles. The lowest BCUT2D eigenvalue weighted by atomic mass is 10.0. The van der Waals surface area contributed by atoms with Crippen LogP contribution in [0.3, 0.4) is 0 Å². The summed E-state index contributed by atoms with van der Waals surface area (Å²) in [7, 11) is 0. The van der Waals surface area contributed by atoms with Crippen LogP contribution in [0, 0.1) is 0 Å². The van der Waals surface area contributed by atoms with Crippen LogP contribution >= 0.6 is 0 Å². The van der Waals surface area contributed by atoms with Crippen molar-refractivity contribution in [2.45, 2.75) is 12.6 Å². The number of rotatable bonds is 5. The van der Waals surface area contributed by atoms with Gasteiger partial charge in [-0.1, -0.05) is 42.5 Å². The van der Waals surface area contributed by atoms with Crippen molar-refractivity contribution in [3.8, 4) is 5.75 Å². The minimum absolute atomic E-state index is 0.00926. The van der Waals surface area contributed by atoms with Gasteiger partial charge in [-0.25, -0.2) is 0 Å². The first-order valence-corrected chi connectivity index (χ1v) is 6.92. The van der Waals surface area contributed by atoms with Gasteiger partial charge in [-0.15, -0.1) is 0 Å². The average Bonchev–Trinajstić information content (AvgIpc) is 3.05. The number of phenolic OH excluding ortho intramolecular Hbond substituents is 1. The summed E-state index contributed by atoms with van der Waals surface area (Å²) in [6, 6.07) is 21.3. The van der Waals surface area contributed by atoms with Crippen LogP contribution in [-0.2, 0) is 6.54 Å². The first-order chi connectivity index (χ1) is 10.3. The molecule has 1 aromatic heterocycles. The van der Waals surface area contributed by atoms with E-state index in [-0.39, 0.29) is 11.8 Å². The molecule has 0 spiro atoms. The second-order valence-corrected chi connectivity index (χ2v) is 4.91. The Morgan fingerprint density at radius 3 is 2.33 bits per heavy atom. The topological polar surface area (TPSA) is 45.4 Å². The van der Waals surface area contributed by atoms with E-state index >= 15 is 0 Å². The molecule has 1 heterocycles. The molecule has 0 aliphatic carbocycles. The maximum atomic E-state index is 9.33. The third-order valence-electron chi connectivity index (χ3n) is 3.41. The highest BCUT2D eigenvalue weighted by atomic mass is 16.3. The largest absolute Gasteiger partial charge is 0.508 e. The molecule has 1 unspecified atom stereocenters. The molecule has 3 nitrogen and oxygen atoms in total. The lowest BCUT2D eigenvalue weighted by molar-refractivity contribution is 0.445. The summed E-state index contributed by atoms with van der Waals surface area (Å²) in [5.41, 5.74) is 2.27. The van der Waals surface area contributed by atoms with Gasteiger partial charge in [0.15, 0.2) is 0 Å². The van der Waals surface area contributed by atoms with E-state index in [0.29, 0.717) is 6.54 Å². The van der Waals surface area contributed by atoms with Crippen LogP contribution < -0.4 is 5.32 Å². The number of furan rings is 1. The number of benzene rings is 2. The fourth-order valence-electron chi connectivity index (χ4n) is 2.32. The van der Waals surface area contributed by atoms with Crippen molar-refractivity contribution >= 4 is 0 Å². The molecule has 0 saturated heterocycles. The molecule has 3 rings (SSSR count). The molecule has 2 aromatic carbocycles. The van der Waals surface area contributed by atoms with E-state index in [4.69, 9.17) is 4.42 Å². The van der Waals surface area contributed by atoms with Gasteiger partial charge in [-0.05, 0) is 35.4 Å². The molecule has 3 heteroatoms. The molecule has 0 radical (unpaired) electrons. The van der Waals surface area contributed by atoms with Crippen LogP contribution in [0.1, 0.15) is 22.9 Å². The Hall–Kier alpha value is -2.52. The summed E-state index contributed by atoms with van der Waals surface area (Å²) in [6.07, 6.45) is 1.69. The quantitative estimate of drug-likeness (QED) is 0.745. The second-order valence-electron chi connectivity index (χ2n) is 4.91. The zero-order valence-electron chi connectivity index (χ0n) is 11.6. The van der Waals surface area contributed by atoms with Crippen molar-refractivity contribution in [1.82, 2.24) is 5.32 Å². The minimum Gasteiger partial charge on any atom is -0.508 e. The Morgan fingerprint density at radius 1 is 0.905 bits per heavy atom.